The fourth-order valence-electron chi connectivity index (χ4n) is 1.96. The number of carbonyl (C=O) groups excluding carboxylic acids is 1. The van der Waals surface area contributed by atoms with Gasteiger partial charge in [0.15, 0.2) is 11.4 Å². The third kappa shape index (κ3) is 2.69. The molecule has 0 aliphatic rings. The van der Waals surface area contributed by atoms with Crippen molar-refractivity contribution < 1.29 is 13.6 Å². The number of ketones is 1. The van der Waals surface area contributed by atoms with E-state index in [2.05, 4.69) is 19.9 Å². The Labute approximate surface area is 128 Å². The lowest BCUT2D eigenvalue weighted by Crippen LogP contribution is -2.15. The second-order valence-corrected chi connectivity index (χ2v) is 5.86. The number of benzene rings is 1. The van der Waals surface area contributed by atoms with Crippen LogP contribution in [0.4, 0.5) is 8.78 Å². The molecule has 0 radical (unpaired) electrons. The van der Waals surface area contributed by atoms with Crippen molar-refractivity contribution in [2.75, 3.05) is 0 Å². The van der Waals surface area contributed by atoms with E-state index < -0.39 is 22.7 Å². The second kappa shape index (κ2) is 5.80. The number of carbonyl (C=O) groups is 1. The number of Topliss-reactive ketones (excluding diaryl/α,β-unsaturated/α-hetero) is 1. The molecule has 0 aliphatic carbocycles. The van der Waals surface area contributed by atoms with Gasteiger partial charge in [-0.2, -0.15) is 0 Å². The molecule has 0 saturated carbocycles. The topological polar surface area (TPSA) is 71.5 Å². The van der Waals surface area contributed by atoms with Gasteiger partial charge in [-0.3, -0.25) is 4.79 Å². The van der Waals surface area contributed by atoms with E-state index in [1.54, 1.807) is 6.92 Å². The van der Waals surface area contributed by atoms with Gasteiger partial charge in [0.2, 0.25) is 0 Å². The summed E-state index contributed by atoms with van der Waals surface area (Å²) in [6.07, 6.45) is 2.81. The van der Waals surface area contributed by atoms with Gasteiger partial charge in [-0.15, -0.1) is 0 Å². The highest BCUT2D eigenvalue weighted by molar-refractivity contribution is 8.00. The molecule has 1 aromatic carbocycles. The Hall–Kier alpha value is -2.35. The standard InChI is InChI=1S/C14H10F2N4OS/c1-7(12(21)9-4-8(15)2-3-10(9)16)22-14-11-13(18-5-17-11)19-6-20-14/h2-7H,1H3,(H,17,18,19,20). The maximum Gasteiger partial charge on any atom is 0.181 e. The van der Waals surface area contributed by atoms with E-state index in [0.29, 0.717) is 16.2 Å². The number of hydrogen-bond donors (Lipinski definition) is 1. The van der Waals surface area contributed by atoms with Crippen molar-refractivity contribution in [1.29, 1.82) is 0 Å². The Balaban J connectivity index is 1.88. The lowest BCUT2D eigenvalue weighted by Gasteiger charge is -2.10. The molecule has 22 heavy (non-hydrogen) atoms. The Bertz CT molecular complexity index is 852. The summed E-state index contributed by atoms with van der Waals surface area (Å²) in [5.74, 6) is -1.90. The van der Waals surface area contributed by atoms with E-state index in [4.69, 9.17) is 0 Å². The summed E-state index contributed by atoms with van der Waals surface area (Å²) >= 11 is 1.13. The lowest BCUT2D eigenvalue weighted by atomic mass is 10.1. The minimum atomic E-state index is -0.742. The molecular weight excluding hydrogens is 310 g/mol. The quantitative estimate of drug-likeness (QED) is 0.454. The fraction of sp³-hybridized carbons (Fsp3) is 0.143. The number of aromatic nitrogens is 4. The maximum absolute atomic E-state index is 13.7. The molecule has 0 fully saturated rings. The number of halogens is 2. The Kier molecular flexibility index (Phi) is 3.84. The largest absolute Gasteiger partial charge is 0.341 e. The first-order valence-corrected chi connectivity index (χ1v) is 7.24. The number of imidazole rings is 1. The number of H-pyrrole nitrogens is 1. The Morgan fingerprint density at radius 3 is 2.91 bits per heavy atom. The van der Waals surface area contributed by atoms with E-state index in [0.717, 1.165) is 30.0 Å². The third-order valence-corrected chi connectivity index (χ3v) is 4.14. The van der Waals surface area contributed by atoms with Crippen LogP contribution in [0.2, 0.25) is 0 Å². The van der Waals surface area contributed by atoms with E-state index >= 15 is 0 Å². The summed E-state index contributed by atoms with van der Waals surface area (Å²) in [4.78, 5) is 27.3. The zero-order chi connectivity index (χ0) is 15.7. The van der Waals surface area contributed by atoms with Crippen molar-refractivity contribution >= 4 is 28.7 Å². The van der Waals surface area contributed by atoms with Crippen molar-refractivity contribution in [3.63, 3.8) is 0 Å². The minimum Gasteiger partial charge on any atom is -0.341 e. The van der Waals surface area contributed by atoms with Crippen molar-refractivity contribution in [1.82, 2.24) is 19.9 Å². The van der Waals surface area contributed by atoms with Crippen molar-refractivity contribution in [2.24, 2.45) is 0 Å². The first-order chi connectivity index (χ1) is 10.6. The van der Waals surface area contributed by atoms with Gasteiger partial charge in [-0.1, -0.05) is 11.8 Å². The number of nitrogens with one attached hydrogen (secondary N) is 1. The molecule has 8 heteroatoms. The zero-order valence-electron chi connectivity index (χ0n) is 11.4. The van der Waals surface area contributed by atoms with Crippen molar-refractivity contribution in [2.45, 2.75) is 17.2 Å². The Morgan fingerprint density at radius 2 is 2.09 bits per heavy atom. The highest BCUT2D eigenvalue weighted by atomic mass is 32.2. The van der Waals surface area contributed by atoms with Gasteiger partial charge in [-0.25, -0.2) is 23.7 Å². The molecule has 0 saturated heterocycles. The summed E-state index contributed by atoms with van der Waals surface area (Å²) in [6, 6.07) is 2.82. The van der Waals surface area contributed by atoms with Crippen LogP contribution >= 0.6 is 11.8 Å². The fourth-order valence-corrected chi connectivity index (χ4v) is 2.90. The summed E-state index contributed by atoms with van der Waals surface area (Å²) in [6.45, 7) is 1.61. The van der Waals surface area contributed by atoms with Gasteiger partial charge in [0.1, 0.15) is 28.5 Å². The summed E-state index contributed by atoms with van der Waals surface area (Å²) < 4.78 is 26.9. The van der Waals surface area contributed by atoms with Crippen LogP contribution in [0.1, 0.15) is 17.3 Å². The molecule has 0 spiro atoms. The average molecular weight is 320 g/mol. The number of hydrogen-bond acceptors (Lipinski definition) is 5. The molecule has 0 bridgehead atoms. The predicted molar refractivity (Wildman–Crippen MR) is 77.7 cm³/mol. The van der Waals surface area contributed by atoms with Crippen LogP contribution in [-0.2, 0) is 0 Å². The monoisotopic (exact) mass is 320 g/mol. The normalized spacial score (nSPS) is 12.5. The van der Waals surface area contributed by atoms with Crippen LogP contribution < -0.4 is 0 Å². The smallest absolute Gasteiger partial charge is 0.181 e. The molecule has 1 atom stereocenters. The first-order valence-electron chi connectivity index (χ1n) is 6.36. The summed E-state index contributed by atoms with van der Waals surface area (Å²) in [7, 11) is 0. The lowest BCUT2D eigenvalue weighted by molar-refractivity contribution is 0.0989. The van der Waals surface area contributed by atoms with E-state index in [1.165, 1.54) is 12.7 Å². The first kappa shape index (κ1) is 14.6. The molecule has 112 valence electrons. The highest BCUT2D eigenvalue weighted by Crippen LogP contribution is 2.28. The minimum absolute atomic E-state index is 0.269. The van der Waals surface area contributed by atoms with Gasteiger partial charge < -0.3 is 4.98 Å². The van der Waals surface area contributed by atoms with Gasteiger partial charge in [-0.05, 0) is 25.1 Å². The Morgan fingerprint density at radius 1 is 1.27 bits per heavy atom. The number of fused-ring (bicyclic) bond motifs is 1. The van der Waals surface area contributed by atoms with E-state index in [-0.39, 0.29) is 5.56 Å². The van der Waals surface area contributed by atoms with Crippen LogP contribution in [0.5, 0.6) is 0 Å². The molecule has 2 aromatic heterocycles. The molecule has 2 heterocycles. The number of aromatic amines is 1. The van der Waals surface area contributed by atoms with Crippen LogP contribution in [0.3, 0.4) is 0 Å². The predicted octanol–water partition coefficient (Wildman–Crippen LogP) is 2.99. The van der Waals surface area contributed by atoms with Crippen molar-refractivity contribution in [3.8, 4) is 0 Å². The summed E-state index contributed by atoms with van der Waals surface area (Å²) in [5, 5.41) is -0.113. The molecule has 3 rings (SSSR count). The summed E-state index contributed by atoms with van der Waals surface area (Å²) in [5.41, 5.74) is 0.816. The van der Waals surface area contributed by atoms with Gasteiger partial charge in [0.25, 0.3) is 0 Å². The molecule has 5 nitrogen and oxygen atoms in total. The average Bonchev–Trinajstić information content (AvgIpc) is 2.98. The van der Waals surface area contributed by atoms with Crippen LogP contribution in [0.25, 0.3) is 11.2 Å². The number of rotatable bonds is 4. The van der Waals surface area contributed by atoms with Crippen LogP contribution in [0, 0.1) is 11.6 Å². The van der Waals surface area contributed by atoms with E-state index in [1.807, 2.05) is 0 Å². The third-order valence-electron chi connectivity index (χ3n) is 3.04. The van der Waals surface area contributed by atoms with Crippen LogP contribution in [-0.4, -0.2) is 31.0 Å². The zero-order valence-corrected chi connectivity index (χ0v) is 12.2. The van der Waals surface area contributed by atoms with E-state index in [9.17, 15) is 13.6 Å². The molecule has 1 unspecified atom stereocenters. The highest BCUT2D eigenvalue weighted by Gasteiger charge is 2.22. The molecule has 0 aliphatic heterocycles. The molecule has 3 aromatic rings. The molecular formula is C14H10F2N4OS. The van der Waals surface area contributed by atoms with Gasteiger partial charge in [0.05, 0.1) is 17.1 Å². The SMILES string of the molecule is CC(Sc1ncnc2nc[nH]c12)C(=O)c1cc(F)ccc1F. The molecule has 1 N–H and O–H groups in total. The van der Waals surface area contributed by atoms with Crippen LogP contribution in [0.15, 0.2) is 35.9 Å². The second-order valence-electron chi connectivity index (χ2n) is 4.53. The van der Waals surface area contributed by atoms with Crippen molar-refractivity contribution in [3.05, 3.63) is 48.1 Å². The van der Waals surface area contributed by atoms with Gasteiger partial charge >= 0.3 is 0 Å². The number of thioether (sulfide) groups is 1. The molecule has 0 amide bonds. The number of nitrogens with zero attached hydrogens (tertiary/aromatic N) is 3. The maximum atomic E-state index is 13.7. The van der Waals surface area contributed by atoms with Gasteiger partial charge in [0, 0.05) is 0 Å².